The Balaban J connectivity index is 1.92. The molecule has 3 heteroatoms. The maximum atomic E-state index is 5.54. The van der Waals surface area contributed by atoms with E-state index in [1.165, 1.54) is 5.56 Å². The zero-order valence-corrected chi connectivity index (χ0v) is 15.2. The first-order valence-corrected chi connectivity index (χ1v) is 8.32. The third-order valence-electron chi connectivity index (χ3n) is 4.03. The van der Waals surface area contributed by atoms with Gasteiger partial charge in [-0.1, -0.05) is 47.4 Å². The molecule has 0 saturated heterocycles. The summed E-state index contributed by atoms with van der Waals surface area (Å²) < 4.78 is 16.3. The minimum atomic E-state index is 0.475. The molecule has 0 aromatic heterocycles. The molecule has 0 N–H and O–H groups in total. The van der Waals surface area contributed by atoms with Crippen molar-refractivity contribution in [3.8, 4) is 35.2 Å². The molecule has 2 aromatic rings. The number of aryl methyl sites for hydroxylation is 1. The molecular formula is C23H20O3. The maximum absolute atomic E-state index is 5.54. The maximum Gasteiger partial charge on any atom is 0.138 e. The van der Waals surface area contributed by atoms with Crippen molar-refractivity contribution < 1.29 is 14.2 Å². The molecule has 26 heavy (non-hydrogen) atoms. The van der Waals surface area contributed by atoms with Crippen LogP contribution < -0.4 is 9.47 Å². The molecule has 0 saturated carbocycles. The quantitative estimate of drug-likeness (QED) is 0.777. The van der Waals surface area contributed by atoms with Gasteiger partial charge in [0.1, 0.15) is 17.1 Å². The van der Waals surface area contributed by atoms with Crippen LogP contribution in [-0.2, 0) is 4.74 Å². The van der Waals surface area contributed by atoms with E-state index in [0.29, 0.717) is 24.7 Å². The highest BCUT2D eigenvalue weighted by atomic mass is 16.5. The van der Waals surface area contributed by atoms with Gasteiger partial charge in [0.05, 0.1) is 27.4 Å². The average Bonchev–Trinajstić information content (AvgIpc) is 3.13. The van der Waals surface area contributed by atoms with Gasteiger partial charge in [-0.3, -0.25) is 0 Å². The number of hydrogen-bond acceptors (Lipinski definition) is 3. The minimum Gasteiger partial charge on any atom is -0.495 e. The van der Waals surface area contributed by atoms with Crippen LogP contribution in [0.25, 0.3) is 0 Å². The molecule has 0 fully saturated rings. The fourth-order valence-corrected chi connectivity index (χ4v) is 2.55. The zero-order valence-electron chi connectivity index (χ0n) is 15.2. The summed E-state index contributed by atoms with van der Waals surface area (Å²) in [5.74, 6) is 14.1. The Labute approximate surface area is 154 Å². The van der Waals surface area contributed by atoms with Gasteiger partial charge in [0.25, 0.3) is 0 Å². The minimum absolute atomic E-state index is 0.475. The van der Waals surface area contributed by atoms with Crippen molar-refractivity contribution in [1.82, 2.24) is 0 Å². The molecule has 0 unspecified atom stereocenters. The number of hydrogen-bond donors (Lipinski definition) is 0. The molecule has 1 heterocycles. The zero-order chi connectivity index (χ0) is 18.4. The fourth-order valence-electron chi connectivity index (χ4n) is 2.55. The lowest BCUT2D eigenvalue weighted by Crippen LogP contribution is -1.93. The fraction of sp³-hybridized carbons (Fsp3) is 0.217. The van der Waals surface area contributed by atoms with Crippen molar-refractivity contribution >= 4 is 0 Å². The Hall–Kier alpha value is -3.14. The van der Waals surface area contributed by atoms with Crippen molar-refractivity contribution in [3.63, 3.8) is 0 Å². The predicted molar refractivity (Wildman–Crippen MR) is 102 cm³/mol. The first kappa shape index (κ1) is 17.7. The molecule has 0 bridgehead atoms. The lowest BCUT2D eigenvalue weighted by Gasteiger charge is -2.07. The van der Waals surface area contributed by atoms with Crippen LogP contribution in [-0.4, -0.2) is 27.4 Å². The van der Waals surface area contributed by atoms with E-state index in [0.717, 1.165) is 22.3 Å². The Morgan fingerprint density at radius 2 is 1.35 bits per heavy atom. The first-order valence-electron chi connectivity index (χ1n) is 8.32. The molecule has 3 nitrogen and oxygen atoms in total. The average molecular weight is 344 g/mol. The second kappa shape index (κ2) is 8.30. The first-order chi connectivity index (χ1) is 12.7. The summed E-state index contributed by atoms with van der Waals surface area (Å²) in [5, 5.41) is 0. The Kier molecular flexibility index (Phi) is 5.64. The van der Waals surface area contributed by atoms with Gasteiger partial charge in [0.15, 0.2) is 0 Å². The predicted octanol–water partition coefficient (Wildman–Crippen LogP) is 3.74. The van der Waals surface area contributed by atoms with E-state index < -0.39 is 0 Å². The number of ether oxygens (including phenoxy) is 3. The smallest absolute Gasteiger partial charge is 0.138 e. The van der Waals surface area contributed by atoms with Gasteiger partial charge in [-0.15, -0.1) is 0 Å². The van der Waals surface area contributed by atoms with Crippen molar-refractivity contribution in [2.45, 2.75) is 6.92 Å². The lowest BCUT2D eigenvalue weighted by molar-refractivity contribution is 0.208. The Morgan fingerprint density at radius 1 is 0.769 bits per heavy atom. The summed E-state index contributed by atoms with van der Waals surface area (Å²) in [6.45, 7) is 3.03. The van der Waals surface area contributed by atoms with Crippen molar-refractivity contribution in [2.75, 3.05) is 27.4 Å². The van der Waals surface area contributed by atoms with E-state index in [1.54, 1.807) is 14.2 Å². The van der Waals surface area contributed by atoms with Crippen LogP contribution in [0.15, 0.2) is 53.6 Å². The molecule has 0 spiro atoms. The topological polar surface area (TPSA) is 27.7 Å². The van der Waals surface area contributed by atoms with Gasteiger partial charge in [-0.25, -0.2) is 0 Å². The summed E-state index contributed by atoms with van der Waals surface area (Å²) in [6, 6.07) is 13.7. The van der Waals surface area contributed by atoms with Crippen LogP contribution in [0.2, 0.25) is 0 Å². The van der Waals surface area contributed by atoms with Gasteiger partial charge in [-0.05, 0) is 31.2 Å². The molecule has 3 rings (SSSR count). The van der Waals surface area contributed by atoms with Gasteiger partial charge in [0, 0.05) is 16.7 Å². The van der Waals surface area contributed by atoms with Crippen LogP contribution in [0.4, 0.5) is 0 Å². The van der Waals surface area contributed by atoms with Gasteiger partial charge in [-0.2, -0.15) is 0 Å². The van der Waals surface area contributed by atoms with Crippen molar-refractivity contribution in [1.29, 1.82) is 0 Å². The highest BCUT2D eigenvalue weighted by Crippen LogP contribution is 2.27. The van der Waals surface area contributed by atoms with Crippen LogP contribution in [0.3, 0.4) is 0 Å². The van der Waals surface area contributed by atoms with Gasteiger partial charge >= 0.3 is 0 Å². The molecule has 0 radical (unpaired) electrons. The molecule has 1 aliphatic heterocycles. The van der Waals surface area contributed by atoms with Gasteiger partial charge in [0.2, 0.25) is 0 Å². The largest absolute Gasteiger partial charge is 0.495 e. The van der Waals surface area contributed by atoms with Gasteiger partial charge < -0.3 is 14.2 Å². The SMILES string of the molecule is COc1cccc(OC)c1C#CC1=C(C#Cc2ccc(C)cc2)COC1. The molecular weight excluding hydrogens is 324 g/mol. The number of benzene rings is 2. The Bertz CT molecular complexity index is 923. The molecule has 0 aliphatic carbocycles. The standard InChI is InChI=1S/C23H20O3/c1-17-7-9-18(10-8-17)11-12-19-15-26-16-20(19)13-14-21-22(24-2)5-4-6-23(21)25-3/h4-10H,15-16H2,1-3H3. The van der Waals surface area contributed by atoms with E-state index >= 15 is 0 Å². The van der Waals surface area contributed by atoms with E-state index in [9.17, 15) is 0 Å². The van der Waals surface area contributed by atoms with Crippen LogP contribution >= 0.6 is 0 Å². The normalized spacial score (nSPS) is 12.7. The second-order valence-corrected chi connectivity index (χ2v) is 5.85. The van der Waals surface area contributed by atoms with E-state index in [4.69, 9.17) is 14.2 Å². The van der Waals surface area contributed by atoms with Crippen molar-refractivity contribution in [3.05, 3.63) is 70.3 Å². The molecule has 0 amide bonds. The summed E-state index contributed by atoms with van der Waals surface area (Å²) in [7, 11) is 3.24. The highest BCUT2D eigenvalue weighted by molar-refractivity contribution is 5.58. The Morgan fingerprint density at radius 3 is 1.92 bits per heavy atom. The third kappa shape index (κ3) is 4.09. The summed E-state index contributed by atoms with van der Waals surface area (Å²) in [4.78, 5) is 0. The second-order valence-electron chi connectivity index (χ2n) is 5.85. The van der Waals surface area contributed by atoms with Crippen LogP contribution in [0, 0.1) is 30.6 Å². The summed E-state index contributed by atoms with van der Waals surface area (Å²) in [5.41, 5.74) is 4.75. The third-order valence-corrected chi connectivity index (χ3v) is 4.03. The lowest BCUT2D eigenvalue weighted by atomic mass is 10.1. The number of methoxy groups -OCH3 is 2. The number of rotatable bonds is 2. The van der Waals surface area contributed by atoms with E-state index in [1.807, 2.05) is 30.3 Å². The summed E-state index contributed by atoms with van der Waals surface area (Å²) >= 11 is 0. The van der Waals surface area contributed by atoms with E-state index in [-0.39, 0.29) is 0 Å². The van der Waals surface area contributed by atoms with Crippen molar-refractivity contribution in [2.24, 2.45) is 0 Å². The van der Waals surface area contributed by atoms with Crippen LogP contribution in [0.1, 0.15) is 16.7 Å². The molecule has 1 aliphatic rings. The van der Waals surface area contributed by atoms with E-state index in [2.05, 4.69) is 42.7 Å². The van der Waals surface area contributed by atoms with Crippen LogP contribution in [0.5, 0.6) is 11.5 Å². The summed E-state index contributed by atoms with van der Waals surface area (Å²) in [6.07, 6.45) is 0. The highest BCUT2D eigenvalue weighted by Gasteiger charge is 2.12. The molecule has 0 atom stereocenters. The molecule has 130 valence electrons. The monoisotopic (exact) mass is 344 g/mol. The molecule has 2 aromatic carbocycles.